The van der Waals surface area contributed by atoms with Crippen molar-refractivity contribution in [3.8, 4) is 5.75 Å². The highest BCUT2D eigenvalue weighted by atomic mass is 32.2. The van der Waals surface area contributed by atoms with Crippen molar-refractivity contribution >= 4 is 31.6 Å². The molecule has 0 radical (unpaired) electrons. The van der Waals surface area contributed by atoms with Gasteiger partial charge in [0.2, 0.25) is 26.0 Å². The first-order valence-corrected chi connectivity index (χ1v) is 10.5. The highest BCUT2D eigenvalue weighted by molar-refractivity contribution is 7.94. The van der Waals surface area contributed by atoms with Crippen molar-refractivity contribution in [1.29, 1.82) is 0 Å². The minimum atomic E-state index is -3.88. The Hall–Kier alpha value is -1.65. The van der Waals surface area contributed by atoms with Gasteiger partial charge in [-0.15, -0.1) is 0 Å². The van der Waals surface area contributed by atoms with E-state index in [0.717, 1.165) is 0 Å². The Balaban J connectivity index is 2.63. The molecule has 0 aliphatic carbocycles. The van der Waals surface area contributed by atoms with Crippen LogP contribution in [0.25, 0.3) is 0 Å². The zero-order chi connectivity index (χ0) is 18.1. The minimum Gasteiger partial charge on any atom is -0.495 e. The molecule has 0 atom stereocenters. The smallest absolute Gasteiger partial charge is 0.246 e. The van der Waals surface area contributed by atoms with Crippen molar-refractivity contribution in [2.24, 2.45) is 0 Å². The lowest BCUT2D eigenvalue weighted by molar-refractivity contribution is -0.116. The highest BCUT2D eigenvalue weighted by Crippen LogP contribution is 2.33. The van der Waals surface area contributed by atoms with E-state index in [1.165, 1.54) is 29.6 Å². The zero-order valence-corrected chi connectivity index (χ0v) is 15.4. The maximum Gasteiger partial charge on any atom is 0.246 e. The van der Waals surface area contributed by atoms with Crippen molar-refractivity contribution in [3.63, 3.8) is 0 Å². The third-order valence-electron chi connectivity index (χ3n) is 3.78. The molecule has 1 amide bonds. The van der Waals surface area contributed by atoms with Crippen LogP contribution in [0, 0.1) is 0 Å². The van der Waals surface area contributed by atoms with Crippen LogP contribution < -0.4 is 9.04 Å². The second kappa shape index (κ2) is 6.69. The molecule has 1 fully saturated rings. The van der Waals surface area contributed by atoms with Gasteiger partial charge in [0.25, 0.3) is 0 Å². The predicted octanol–water partition coefficient (Wildman–Crippen LogP) is 0.792. The summed E-state index contributed by atoms with van der Waals surface area (Å²) in [6, 6.07) is 3.89. The standard InChI is InChI=1S/C14H20N2O6S2/c1-4-15(5-2)24(20,21)13-10-11(6-7-12(13)22-3)16-14(17)8-9-23(16,18)19/h6-7,10H,4-5,8-9H2,1-3H3. The summed E-state index contributed by atoms with van der Waals surface area (Å²) < 4.78 is 56.7. The zero-order valence-electron chi connectivity index (χ0n) is 13.7. The summed E-state index contributed by atoms with van der Waals surface area (Å²) in [5.74, 6) is -0.767. The van der Waals surface area contributed by atoms with Crippen LogP contribution in [0.3, 0.4) is 0 Å². The molecule has 0 bridgehead atoms. The van der Waals surface area contributed by atoms with Gasteiger partial charge in [0.15, 0.2) is 0 Å². The van der Waals surface area contributed by atoms with Gasteiger partial charge in [0.05, 0.1) is 18.6 Å². The molecule has 1 heterocycles. The molecule has 1 aromatic carbocycles. The number of benzene rings is 1. The summed E-state index contributed by atoms with van der Waals surface area (Å²) in [6.45, 7) is 3.91. The lowest BCUT2D eigenvalue weighted by atomic mass is 10.3. The summed E-state index contributed by atoms with van der Waals surface area (Å²) in [5, 5.41) is 0. The molecule has 0 spiro atoms. The molecule has 8 nitrogen and oxygen atoms in total. The van der Waals surface area contributed by atoms with Crippen molar-refractivity contribution in [3.05, 3.63) is 18.2 Å². The summed E-state index contributed by atoms with van der Waals surface area (Å²) in [5.41, 5.74) is 0.00373. The third-order valence-corrected chi connectivity index (χ3v) is 7.55. The lowest BCUT2D eigenvalue weighted by Crippen LogP contribution is -2.32. The molecule has 1 aliphatic heterocycles. The Morgan fingerprint density at radius 3 is 2.33 bits per heavy atom. The van der Waals surface area contributed by atoms with E-state index in [4.69, 9.17) is 4.74 Å². The monoisotopic (exact) mass is 376 g/mol. The molecular formula is C14H20N2O6S2. The normalized spacial score (nSPS) is 17.5. The van der Waals surface area contributed by atoms with Gasteiger partial charge in [-0.3, -0.25) is 4.79 Å². The topological polar surface area (TPSA) is 101 Å². The Morgan fingerprint density at radius 1 is 1.25 bits per heavy atom. The van der Waals surface area contributed by atoms with E-state index in [-0.39, 0.29) is 41.6 Å². The molecule has 2 rings (SSSR count). The van der Waals surface area contributed by atoms with Gasteiger partial charge < -0.3 is 4.74 Å². The van der Waals surface area contributed by atoms with Gasteiger partial charge >= 0.3 is 0 Å². The second-order valence-electron chi connectivity index (χ2n) is 5.15. The average molecular weight is 376 g/mol. The van der Waals surface area contributed by atoms with Crippen LogP contribution in [0.1, 0.15) is 20.3 Å². The molecule has 1 saturated heterocycles. The second-order valence-corrected chi connectivity index (χ2v) is 8.99. The molecule has 24 heavy (non-hydrogen) atoms. The molecule has 0 unspecified atom stereocenters. The van der Waals surface area contributed by atoms with E-state index in [0.29, 0.717) is 4.31 Å². The number of hydrogen-bond acceptors (Lipinski definition) is 6. The fraction of sp³-hybridized carbons (Fsp3) is 0.500. The third kappa shape index (κ3) is 3.13. The summed E-state index contributed by atoms with van der Waals surface area (Å²) in [4.78, 5) is 11.7. The van der Waals surface area contributed by atoms with Crippen molar-refractivity contribution < 1.29 is 26.4 Å². The number of carbonyl (C=O) groups excluding carboxylic acids is 1. The van der Waals surface area contributed by atoms with Crippen LogP contribution in [-0.2, 0) is 24.8 Å². The molecule has 0 aromatic heterocycles. The molecule has 0 saturated carbocycles. The van der Waals surface area contributed by atoms with Gasteiger partial charge in [0, 0.05) is 19.5 Å². The molecular weight excluding hydrogens is 356 g/mol. The number of ether oxygens (including phenoxy) is 1. The lowest BCUT2D eigenvalue weighted by Gasteiger charge is -2.22. The van der Waals surface area contributed by atoms with Crippen molar-refractivity contribution in [2.45, 2.75) is 25.2 Å². The van der Waals surface area contributed by atoms with Crippen LogP contribution in [0.15, 0.2) is 23.1 Å². The first-order valence-electron chi connectivity index (χ1n) is 7.43. The van der Waals surface area contributed by atoms with E-state index in [1.54, 1.807) is 13.8 Å². The van der Waals surface area contributed by atoms with Gasteiger partial charge in [-0.25, -0.2) is 21.1 Å². The number of nitrogens with zero attached hydrogens (tertiary/aromatic N) is 2. The molecule has 1 aliphatic rings. The van der Waals surface area contributed by atoms with E-state index < -0.39 is 26.0 Å². The Bertz CT molecular complexity index is 844. The average Bonchev–Trinajstić information content (AvgIpc) is 2.81. The number of carbonyl (C=O) groups is 1. The number of methoxy groups -OCH3 is 1. The summed E-state index contributed by atoms with van der Waals surface area (Å²) >= 11 is 0. The van der Waals surface area contributed by atoms with E-state index >= 15 is 0 Å². The van der Waals surface area contributed by atoms with Crippen molar-refractivity contribution in [2.75, 3.05) is 30.3 Å². The predicted molar refractivity (Wildman–Crippen MR) is 89.0 cm³/mol. The molecule has 0 N–H and O–H groups in total. The SMILES string of the molecule is CCN(CC)S(=O)(=O)c1cc(N2C(=O)CCS2(=O)=O)ccc1OC. The van der Waals surface area contributed by atoms with E-state index in [1.807, 2.05) is 0 Å². The Kier molecular flexibility index (Phi) is 5.21. The number of hydrogen-bond donors (Lipinski definition) is 0. The van der Waals surface area contributed by atoms with E-state index in [2.05, 4.69) is 0 Å². The van der Waals surface area contributed by atoms with Crippen LogP contribution >= 0.6 is 0 Å². The van der Waals surface area contributed by atoms with E-state index in [9.17, 15) is 21.6 Å². The summed E-state index contributed by atoms with van der Waals surface area (Å²) in [6.07, 6.45) is -0.119. The van der Waals surface area contributed by atoms with Gasteiger partial charge in [-0.2, -0.15) is 4.31 Å². The first kappa shape index (κ1) is 18.7. The van der Waals surface area contributed by atoms with Gasteiger partial charge in [-0.1, -0.05) is 13.8 Å². The molecule has 10 heteroatoms. The maximum atomic E-state index is 12.8. The fourth-order valence-corrected chi connectivity index (χ4v) is 5.65. The largest absolute Gasteiger partial charge is 0.495 e. The van der Waals surface area contributed by atoms with Gasteiger partial charge in [-0.05, 0) is 18.2 Å². The number of rotatable bonds is 6. The maximum absolute atomic E-state index is 12.8. The quantitative estimate of drug-likeness (QED) is 0.728. The number of anilines is 1. The Labute approximate surface area is 142 Å². The highest BCUT2D eigenvalue weighted by Gasteiger charge is 2.37. The van der Waals surface area contributed by atoms with Crippen LogP contribution in [-0.4, -0.2) is 53.0 Å². The van der Waals surface area contributed by atoms with Crippen LogP contribution in [0.2, 0.25) is 0 Å². The van der Waals surface area contributed by atoms with Crippen molar-refractivity contribution in [1.82, 2.24) is 4.31 Å². The first-order chi connectivity index (χ1) is 11.2. The fourth-order valence-electron chi connectivity index (χ4n) is 2.56. The minimum absolute atomic E-state index is 0.00373. The molecule has 134 valence electrons. The number of amides is 1. The van der Waals surface area contributed by atoms with Gasteiger partial charge in [0.1, 0.15) is 10.6 Å². The molecule has 1 aromatic rings. The summed E-state index contributed by atoms with van der Waals surface area (Å²) in [7, 11) is -6.32. The van der Waals surface area contributed by atoms with Crippen LogP contribution in [0.5, 0.6) is 5.75 Å². The number of sulfonamides is 2. The van der Waals surface area contributed by atoms with Crippen LogP contribution in [0.4, 0.5) is 5.69 Å². The Morgan fingerprint density at radius 2 is 1.88 bits per heavy atom.